The molecule has 1 aliphatic carbocycles. The van der Waals surface area contributed by atoms with E-state index in [2.05, 4.69) is 49.4 Å². The Labute approximate surface area is 104 Å². The van der Waals surface area contributed by atoms with E-state index < -0.39 is 0 Å². The summed E-state index contributed by atoms with van der Waals surface area (Å²) in [5, 5.41) is 2.87. The van der Waals surface area contributed by atoms with Gasteiger partial charge in [-0.15, -0.1) is 0 Å². The first-order valence-electron chi connectivity index (χ1n) is 6.88. The van der Waals surface area contributed by atoms with Crippen molar-refractivity contribution in [1.29, 1.82) is 0 Å². The Morgan fingerprint density at radius 2 is 1.88 bits per heavy atom. The fraction of sp³-hybridized carbons (Fsp3) is 0.412. The minimum atomic E-state index is 0.840. The zero-order valence-electron chi connectivity index (χ0n) is 10.5. The van der Waals surface area contributed by atoms with Gasteiger partial charge in [0, 0.05) is 0 Å². The largest absolute Gasteiger partial charge is 0.0654 e. The average Bonchev–Trinajstić information content (AvgIpc) is 3.15. The van der Waals surface area contributed by atoms with Gasteiger partial charge in [-0.05, 0) is 41.0 Å². The SMILES string of the molecule is CCCC[C@H]1C[C@@H]1c1cccc2ccccc12. The van der Waals surface area contributed by atoms with E-state index in [9.17, 15) is 0 Å². The Morgan fingerprint density at radius 1 is 1.06 bits per heavy atom. The number of unbranched alkanes of at least 4 members (excludes halogenated alkanes) is 1. The molecule has 2 aromatic carbocycles. The van der Waals surface area contributed by atoms with Crippen LogP contribution in [0.4, 0.5) is 0 Å². The second-order valence-electron chi connectivity index (χ2n) is 5.31. The van der Waals surface area contributed by atoms with Crippen LogP contribution in [0.3, 0.4) is 0 Å². The second kappa shape index (κ2) is 4.52. The first-order chi connectivity index (χ1) is 8.40. The lowest BCUT2D eigenvalue weighted by Gasteiger charge is -2.06. The number of fused-ring (bicyclic) bond motifs is 1. The van der Waals surface area contributed by atoms with Gasteiger partial charge in [0.2, 0.25) is 0 Å². The van der Waals surface area contributed by atoms with Crippen molar-refractivity contribution in [2.75, 3.05) is 0 Å². The van der Waals surface area contributed by atoms with E-state index in [1.165, 1.54) is 36.5 Å². The highest BCUT2D eigenvalue weighted by atomic mass is 14.4. The van der Waals surface area contributed by atoms with Crippen molar-refractivity contribution in [3.8, 4) is 0 Å². The average molecular weight is 224 g/mol. The summed E-state index contributed by atoms with van der Waals surface area (Å²) in [6, 6.07) is 15.6. The third kappa shape index (κ3) is 2.09. The molecule has 0 N–H and O–H groups in total. The van der Waals surface area contributed by atoms with Crippen molar-refractivity contribution in [3.05, 3.63) is 48.0 Å². The van der Waals surface area contributed by atoms with Gasteiger partial charge in [-0.1, -0.05) is 62.2 Å². The molecule has 0 spiro atoms. The summed E-state index contributed by atoms with van der Waals surface area (Å²) in [5.41, 5.74) is 1.59. The number of benzene rings is 2. The van der Waals surface area contributed by atoms with Crippen LogP contribution in [0.2, 0.25) is 0 Å². The van der Waals surface area contributed by atoms with Gasteiger partial charge in [0.25, 0.3) is 0 Å². The lowest BCUT2D eigenvalue weighted by Crippen LogP contribution is -1.86. The maximum Gasteiger partial charge on any atom is -0.0124 e. The molecular weight excluding hydrogens is 204 g/mol. The van der Waals surface area contributed by atoms with Crippen molar-refractivity contribution in [2.24, 2.45) is 5.92 Å². The smallest absolute Gasteiger partial charge is 0.0124 e. The van der Waals surface area contributed by atoms with Gasteiger partial charge < -0.3 is 0 Å². The lowest BCUT2D eigenvalue weighted by atomic mass is 9.99. The molecule has 0 nitrogen and oxygen atoms in total. The molecule has 1 saturated carbocycles. The Balaban J connectivity index is 1.87. The molecule has 0 aliphatic heterocycles. The van der Waals surface area contributed by atoms with Gasteiger partial charge in [-0.3, -0.25) is 0 Å². The summed E-state index contributed by atoms with van der Waals surface area (Å²) in [6.45, 7) is 2.29. The van der Waals surface area contributed by atoms with E-state index in [4.69, 9.17) is 0 Å². The highest BCUT2D eigenvalue weighted by Gasteiger charge is 2.37. The fourth-order valence-electron chi connectivity index (χ4n) is 2.99. The fourth-order valence-corrected chi connectivity index (χ4v) is 2.99. The van der Waals surface area contributed by atoms with Gasteiger partial charge in [0.05, 0.1) is 0 Å². The van der Waals surface area contributed by atoms with Crippen LogP contribution in [0.25, 0.3) is 10.8 Å². The van der Waals surface area contributed by atoms with Crippen molar-refractivity contribution in [3.63, 3.8) is 0 Å². The van der Waals surface area contributed by atoms with E-state index in [1.807, 2.05) is 0 Å². The molecule has 2 aromatic rings. The zero-order valence-corrected chi connectivity index (χ0v) is 10.5. The maximum absolute atomic E-state index is 2.33. The molecule has 0 saturated heterocycles. The molecule has 17 heavy (non-hydrogen) atoms. The summed E-state index contributed by atoms with van der Waals surface area (Å²) in [4.78, 5) is 0. The van der Waals surface area contributed by atoms with Gasteiger partial charge in [0.1, 0.15) is 0 Å². The van der Waals surface area contributed by atoms with E-state index in [0.29, 0.717) is 0 Å². The van der Waals surface area contributed by atoms with Gasteiger partial charge >= 0.3 is 0 Å². The molecular formula is C17H20. The van der Waals surface area contributed by atoms with Crippen LogP contribution < -0.4 is 0 Å². The monoisotopic (exact) mass is 224 g/mol. The number of hydrogen-bond acceptors (Lipinski definition) is 0. The zero-order chi connectivity index (χ0) is 11.7. The summed E-state index contributed by atoms with van der Waals surface area (Å²) in [5.74, 6) is 1.80. The standard InChI is InChI=1S/C17H20/c1-2-3-7-14-12-17(14)16-11-6-9-13-8-4-5-10-15(13)16/h4-6,8-11,14,17H,2-3,7,12H2,1H3/t14-,17-/m0/s1. The number of rotatable bonds is 4. The van der Waals surface area contributed by atoms with Crippen LogP contribution in [-0.4, -0.2) is 0 Å². The Kier molecular flexibility index (Phi) is 2.88. The Bertz CT molecular complexity index is 507. The summed E-state index contributed by atoms with van der Waals surface area (Å²) in [6.07, 6.45) is 5.56. The second-order valence-corrected chi connectivity index (χ2v) is 5.31. The predicted molar refractivity (Wildman–Crippen MR) is 74.3 cm³/mol. The van der Waals surface area contributed by atoms with Crippen molar-refractivity contribution in [1.82, 2.24) is 0 Å². The molecule has 3 rings (SSSR count). The molecule has 88 valence electrons. The normalized spacial score (nSPS) is 22.9. The minimum absolute atomic E-state index is 0.840. The highest BCUT2D eigenvalue weighted by molar-refractivity contribution is 5.86. The minimum Gasteiger partial charge on any atom is -0.0654 e. The molecule has 0 heteroatoms. The van der Waals surface area contributed by atoms with Crippen LogP contribution in [0.1, 0.15) is 44.1 Å². The molecule has 0 unspecified atom stereocenters. The van der Waals surface area contributed by atoms with Gasteiger partial charge in [-0.2, -0.15) is 0 Å². The van der Waals surface area contributed by atoms with Crippen molar-refractivity contribution in [2.45, 2.75) is 38.5 Å². The molecule has 2 atom stereocenters. The summed E-state index contributed by atoms with van der Waals surface area (Å²) < 4.78 is 0. The quantitative estimate of drug-likeness (QED) is 0.675. The topological polar surface area (TPSA) is 0 Å². The molecule has 1 fully saturated rings. The highest BCUT2D eigenvalue weighted by Crippen LogP contribution is 2.51. The Hall–Kier alpha value is -1.30. The summed E-state index contributed by atoms with van der Waals surface area (Å²) in [7, 11) is 0. The Morgan fingerprint density at radius 3 is 2.76 bits per heavy atom. The van der Waals surface area contributed by atoms with Gasteiger partial charge in [-0.25, -0.2) is 0 Å². The lowest BCUT2D eigenvalue weighted by molar-refractivity contribution is 0.640. The molecule has 0 amide bonds. The van der Waals surface area contributed by atoms with E-state index in [1.54, 1.807) is 5.56 Å². The first kappa shape index (κ1) is 10.8. The molecule has 0 aromatic heterocycles. The predicted octanol–water partition coefficient (Wildman–Crippen LogP) is 5.13. The van der Waals surface area contributed by atoms with Crippen molar-refractivity contribution >= 4 is 10.8 Å². The van der Waals surface area contributed by atoms with Crippen LogP contribution in [0.15, 0.2) is 42.5 Å². The van der Waals surface area contributed by atoms with Crippen LogP contribution >= 0.6 is 0 Å². The van der Waals surface area contributed by atoms with E-state index >= 15 is 0 Å². The molecule has 0 bridgehead atoms. The molecule has 1 aliphatic rings. The van der Waals surface area contributed by atoms with E-state index in [0.717, 1.165) is 11.8 Å². The maximum atomic E-state index is 2.33. The molecule has 0 heterocycles. The van der Waals surface area contributed by atoms with Crippen molar-refractivity contribution < 1.29 is 0 Å². The van der Waals surface area contributed by atoms with Crippen LogP contribution in [0, 0.1) is 5.92 Å². The first-order valence-corrected chi connectivity index (χ1v) is 6.88. The third-order valence-electron chi connectivity index (χ3n) is 4.07. The number of hydrogen-bond donors (Lipinski definition) is 0. The van der Waals surface area contributed by atoms with Crippen LogP contribution in [-0.2, 0) is 0 Å². The molecule has 0 radical (unpaired) electrons. The van der Waals surface area contributed by atoms with Gasteiger partial charge in [0.15, 0.2) is 0 Å². The van der Waals surface area contributed by atoms with Crippen LogP contribution in [0.5, 0.6) is 0 Å². The third-order valence-corrected chi connectivity index (χ3v) is 4.07. The summed E-state index contributed by atoms with van der Waals surface area (Å²) >= 11 is 0. The van der Waals surface area contributed by atoms with E-state index in [-0.39, 0.29) is 0 Å².